The Labute approximate surface area is 512 Å². The van der Waals surface area contributed by atoms with Crippen LogP contribution >= 0.6 is 0 Å². The Balaban J connectivity index is 1.31. The number of carbonyl (C=O) groups excluding carboxylic acids is 7. The van der Waals surface area contributed by atoms with Gasteiger partial charge in [0.15, 0.2) is 18.4 Å². The van der Waals surface area contributed by atoms with Crippen LogP contribution in [0.25, 0.3) is 0 Å². The molecule has 3 saturated heterocycles. The maximum Gasteiger partial charge on any atom is 0.302 e. The van der Waals surface area contributed by atoms with Gasteiger partial charge in [-0.05, 0) is 80.0 Å². The van der Waals surface area contributed by atoms with E-state index in [0.717, 1.165) is 19.3 Å². The van der Waals surface area contributed by atoms with Crippen LogP contribution in [0.15, 0.2) is 30.3 Å². The van der Waals surface area contributed by atoms with Gasteiger partial charge in [-0.3, -0.25) is 38.9 Å². The highest BCUT2D eigenvalue weighted by Crippen LogP contribution is 2.39. The largest absolute Gasteiger partial charge is 0.463 e. The summed E-state index contributed by atoms with van der Waals surface area (Å²) in [5.41, 5.74) is -0.642. The topological polar surface area (TPSA) is 257 Å². The second kappa shape index (κ2) is 39.5. The van der Waals surface area contributed by atoms with E-state index < -0.39 is 18.1 Å². The maximum absolute atomic E-state index is 13.6. The van der Waals surface area contributed by atoms with Crippen molar-refractivity contribution in [3.05, 3.63) is 35.9 Å². The minimum absolute atomic E-state index is 0.0158. The summed E-state index contributed by atoms with van der Waals surface area (Å²) in [6.07, 6.45) is 3.18. The van der Waals surface area contributed by atoms with Crippen molar-refractivity contribution in [3.63, 3.8) is 0 Å². The molecule has 0 aliphatic carbocycles. The van der Waals surface area contributed by atoms with E-state index in [1.807, 2.05) is 6.07 Å². The maximum atomic E-state index is 13.6. The van der Waals surface area contributed by atoms with E-state index in [2.05, 4.69) is 78.3 Å². The summed E-state index contributed by atoms with van der Waals surface area (Å²) in [6, 6.07) is 8.86. The Bertz CT molecular complexity index is 1990. The summed E-state index contributed by atoms with van der Waals surface area (Å²) in [5.74, 6) is 0.540. The summed E-state index contributed by atoms with van der Waals surface area (Å²) in [4.78, 5) is 87.4. The summed E-state index contributed by atoms with van der Waals surface area (Å²) >= 11 is 0. The fraction of sp³-hybridized carbons (Fsp3) is 0.800. The van der Waals surface area contributed by atoms with E-state index in [0.29, 0.717) is 69.4 Å². The third kappa shape index (κ3) is 26.3. The van der Waals surface area contributed by atoms with Gasteiger partial charge in [0.25, 0.3) is 0 Å². The lowest BCUT2D eigenvalue weighted by molar-refractivity contribution is -0.255. The smallest absolute Gasteiger partial charge is 0.302 e. The van der Waals surface area contributed by atoms with E-state index in [1.165, 1.54) is 20.8 Å². The fourth-order valence-corrected chi connectivity index (χ4v) is 11.2. The number of hydrogen-bond acceptors (Lipinski definition) is 19. The van der Waals surface area contributed by atoms with Gasteiger partial charge in [-0.15, -0.1) is 0 Å². The van der Waals surface area contributed by atoms with E-state index in [4.69, 9.17) is 52.1 Å². The first-order valence-corrected chi connectivity index (χ1v) is 31.7. The molecule has 2 amide bonds. The molecule has 4 rings (SSSR count). The van der Waals surface area contributed by atoms with Gasteiger partial charge in [0.1, 0.15) is 25.6 Å². The first-order valence-electron chi connectivity index (χ1n) is 31.7. The monoisotopic (exact) mass is 1220 g/mol. The Morgan fingerprint density at radius 1 is 0.453 bits per heavy atom. The van der Waals surface area contributed by atoms with Crippen LogP contribution in [0.5, 0.6) is 0 Å². The molecule has 3 aliphatic rings. The van der Waals surface area contributed by atoms with E-state index in [9.17, 15) is 33.6 Å². The summed E-state index contributed by atoms with van der Waals surface area (Å²) < 4.78 is 65.5. The molecule has 0 saturated carbocycles. The molecule has 0 spiro atoms. The van der Waals surface area contributed by atoms with Crippen LogP contribution in [0, 0.1) is 53.3 Å². The van der Waals surface area contributed by atoms with Crippen molar-refractivity contribution in [1.82, 2.24) is 16.0 Å². The van der Waals surface area contributed by atoms with Crippen LogP contribution in [0.2, 0.25) is 0 Å². The van der Waals surface area contributed by atoms with Gasteiger partial charge in [0, 0.05) is 83.6 Å². The first-order chi connectivity index (χ1) is 41.0. The number of hydrogen-bond donors (Lipinski definition) is 3. The molecule has 0 radical (unpaired) electrons. The zero-order valence-electron chi connectivity index (χ0n) is 53.9. The zero-order chi connectivity index (χ0) is 63.2. The van der Waals surface area contributed by atoms with Gasteiger partial charge >= 0.3 is 17.9 Å². The van der Waals surface area contributed by atoms with Gasteiger partial charge in [0.2, 0.25) is 11.8 Å². The van der Waals surface area contributed by atoms with Gasteiger partial charge in [-0.25, -0.2) is 0 Å². The Hall–Kier alpha value is -4.45. The number of ketones is 2. The van der Waals surface area contributed by atoms with Gasteiger partial charge in [-0.1, -0.05) is 92.6 Å². The van der Waals surface area contributed by atoms with Crippen LogP contribution < -0.4 is 16.0 Å². The average molecular weight is 1220 g/mol. The Morgan fingerprint density at radius 3 is 1.37 bits per heavy atom. The SMILES string of the molecule is CC(=O)OCC1O[C@@H](OCCCNC(=O)CCOCC(COCCC(=O)CCCCO[C@@H]2OC(COC(C)=O)[C@H](C)[C@H](C)C2C)(COCCC(=O)NCCCC[C@@H]2OC(COC(C)=O)[C@H](C)[C@H](C)C2C)NCC(=O)c2ccccc2)C(C)[C@@H](C)C1C. The molecule has 21 heteroatoms. The molecule has 3 aliphatic heterocycles. The van der Waals surface area contributed by atoms with Crippen LogP contribution in [-0.4, -0.2) is 176 Å². The van der Waals surface area contributed by atoms with Crippen molar-refractivity contribution in [3.8, 4) is 0 Å². The van der Waals surface area contributed by atoms with E-state index in [-0.39, 0.29) is 192 Å². The van der Waals surface area contributed by atoms with Gasteiger partial charge < -0.3 is 62.7 Å². The minimum Gasteiger partial charge on any atom is -0.463 e. The van der Waals surface area contributed by atoms with Gasteiger partial charge in [0.05, 0.1) is 82.7 Å². The number of unbranched alkanes of at least 4 members (excludes halogenated alkanes) is 2. The fourth-order valence-electron chi connectivity index (χ4n) is 11.2. The lowest BCUT2D eigenvalue weighted by Gasteiger charge is -2.43. The quantitative estimate of drug-likeness (QED) is 0.0247. The number of nitrogens with one attached hydrogen (secondary N) is 3. The molecule has 3 fully saturated rings. The van der Waals surface area contributed by atoms with Crippen LogP contribution in [0.1, 0.15) is 158 Å². The molecule has 1 aromatic carbocycles. The first kappa shape index (κ1) is 74.0. The van der Waals surface area contributed by atoms with Gasteiger partial charge in [-0.2, -0.15) is 0 Å². The lowest BCUT2D eigenvalue weighted by atomic mass is 9.75. The van der Waals surface area contributed by atoms with Crippen molar-refractivity contribution >= 4 is 41.3 Å². The predicted octanol–water partition coefficient (Wildman–Crippen LogP) is 7.61. The van der Waals surface area contributed by atoms with Crippen molar-refractivity contribution in [2.75, 3.05) is 92.3 Å². The predicted molar refractivity (Wildman–Crippen MR) is 321 cm³/mol. The third-order valence-electron chi connectivity index (χ3n) is 18.1. The Morgan fingerprint density at radius 2 is 0.884 bits per heavy atom. The molecule has 21 nitrogen and oxygen atoms in total. The number of rotatable bonds is 41. The highest BCUT2D eigenvalue weighted by atomic mass is 16.7. The van der Waals surface area contributed by atoms with Crippen LogP contribution in [0.3, 0.4) is 0 Å². The van der Waals surface area contributed by atoms with Crippen molar-refractivity contribution in [1.29, 1.82) is 0 Å². The normalized spacial score (nSPS) is 28.2. The van der Waals surface area contributed by atoms with Crippen LogP contribution in [-0.2, 0) is 80.9 Å². The molecule has 0 aromatic heterocycles. The third-order valence-corrected chi connectivity index (χ3v) is 18.1. The molecule has 3 N–H and O–H groups in total. The second-order valence-corrected chi connectivity index (χ2v) is 24.6. The standard InChI is InChI=1S/C65H107N3O18/c1-42-45(4)57(84-58(46(42)5)36-81-51(10)69)24-16-18-28-66-61(74)26-33-77-40-65(68-35-56(73)54-21-14-13-15-22-54,39-76-32-25-55(72)23-17-19-30-79-63-49(8)43(2)47(6)59(85-63)37-82-52(11)70)41-78-34-27-62(75)67-29-20-31-80-64-50(9)44(3)48(7)60(86-64)38-83-53(12)71/h13-15,21-22,42-50,57-60,63-64,68H,16-20,23-41H2,1-12H3,(H,66,74)(H,67,75)/t42-,43+,44+,45?,46-,47-,48?,49?,50?,57+,58?,59?,60?,63-,64-,65?/m1/s1. The highest BCUT2D eigenvalue weighted by Gasteiger charge is 2.42. The molecule has 8 unspecified atom stereocenters. The van der Waals surface area contributed by atoms with Crippen molar-refractivity contribution in [2.45, 2.75) is 190 Å². The molecule has 1 aromatic rings. The molecule has 0 bridgehead atoms. The van der Waals surface area contributed by atoms with Crippen molar-refractivity contribution in [2.24, 2.45) is 53.3 Å². The van der Waals surface area contributed by atoms with Crippen LogP contribution in [0.4, 0.5) is 0 Å². The molecule has 16 atom stereocenters. The number of benzene rings is 1. The molecule has 86 heavy (non-hydrogen) atoms. The van der Waals surface area contributed by atoms with E-state index in [1.54, 1.807) is 24.3 Å². The molecular weight excluding hydrogens is 1110 g/mol. The summed E-state index contributed by atoms with van der Waals surface area (Å²) in [5, 5.41) is 9.28. The Kier molecular flexibility index (Phi) is 34.0. The number of ether oxygens (including phenoxy) is 11. The molecule has 490 valence electrons. The molecule has 3 heterocycles. The second-order valence-electron chi connectivity index (χ2n) is 24.6. The number of Topliss-reactive ketones (excluding diaryl/α,β-unsaturated/α-hetero) is 2. The number of amides is 2. The number of carbonyl (C=O) groups is 7. The number of esters is 3. The molecular formula is C65H107N3O18. The summed E-state index contributed by atoms with van der Waals surface area (Å²) in [6.45, 7) is 25.5. The van der Waals surface area contributed by atoms with E-state index >= 15 is 0 Å². The average Bonchev–Trinajstić information content (AvgIpc) is 2.12. The zero-order valence-corrected chi connectivity index (χ0v) is 53.9. The van der Waals surface area contributed by atoms with Crippen molar-refractivity contribution < 1.29 is 85.7 Å². The minimum atomic E-state index is -1.14. The summed E-state index contributed by atoms with van der Waals surface area (Å²) in [7, 11) is 0. The highest BCUT2D eigenvalue weighted by molar-refractivity contribution is 5.97. The lowest BCUT2D eigenvalue weighted by Crippen LogP contribution is -2.58.